The van der Waals surface area contributed by atoms with E-state index >= 15 is 0 Å². The molecule has 2 amide bonds. The minimum Gasteiger partial charge on any atom is -0.438 e. The van der Waals surface area contributed by atoms with E-state index in [1.807, 2.05) is 0 Å². The number of carbonyl (C=O) groups is 3. The third-order valence-electron chi connectivity index (χ3n) is 2.80. The quantitative estimate of drug-likeness (QED) is 0.474. The zero-order valence-corrected chi connectivity index (χ0v) is 10.9. The first kappa shape index (κ1) is 13.8. The summed E-state index contributed by atoms with van der Waals surface area (Å²) in [6.45, 7) is 0.159. The van der Waals surface area contributed by atoms with Crippen molar-refractivity contribution < 1.29 is 23.9 Å². The summed E-state index contributed by atoms with van der Waals surface area (Å²) in [5.41, 5.74) is 0.827. The number of hydrogen-bond donors (Lipinski definition) is 0. The molecule has 0 unspecified atom stereocenters. The predicted octanol–water partition coefficient (Wildman–Crippen LogP) is 1.62. The summed E-state index contributed by atoms with van der Waals surface area (Å²) < 4.78 is 8.93. The van der Waals surface area contributed by atoms with Gasteiger partial charge in [-0.1, -0.05) is 18.2 Å². The Balaban J connectivity index is 1.93. The molecule has 0 atom stereocenters. The SMILES string of the molecule is COC(=O)OC/C=C/CN1C(=O)c2ccccc2C1=O. The van der Waals surface area contributed by atoms with Crippen LogP contribution in [0.2, 0.25) is 0 Å². The molecule has 1 aliphatic heterocycles. The lowest BCUT2D eigenvalue weighted by Gasteiger charge is -2.10. The number of amides is 2. The van der Waals surface area contributed by atoms with Crippen molar-refractivity contribution in [1.82, 2.24) is 4.90 Å². The minimum absolute atomic E-state index is 0.0237. The van der Waals surface area contributed by atoms with E-state index in [9.17, 15) is 14.4 Å². The zero-order chi connectivity index (χ0) is 14.5. The second-order valence-corrected chi connectivity index (χ2v) is 4.00. The number of imide groups is 1. The summed E-state index contributed by atoms with van der Waals surface area (Å²) in [6, 6.07) is 6.68. The summed E-state index contributed by atoms with van der Waals surface area (Å²) in [6.07, 6.45) is 2.35. The number of ether oxygens (including phenoxy) is 2. The molecule has 1 aromatic carbocycles. The fourth-order valence-electron chi connectivity index (χ4n) is 1.83. The number of methoxy groups -OCH3 is 1. The third-order valence-corrected chi connectivity index (χ3v) is 2.80. The van der Waals surface area contributed by atoms with Crippen LogP contribution in [-0.4, -0.2) is 43.1 Å². The van der Waals surface area contributed by atoms with Gasteiger partial charge in [0.05, 0.1) is 18.2 Å². The van der Waals surface area contributed by atoms with Gasteiger partial charge >= 0.3 is 6.16 Å². The molecular formula is C14H13NO5. The number of fused-ring (bicyclic) bond motifs is 1. The van der Waals surface area contributed by atoms with E-state index in [0.717, 1.165) is 4.90 Å². The van der Waals surface area contributed by atoms with Crippen LogP contribution in [-0.2, 0) is 9.47 Å². The lowest BCUT2D eigenvalue weighted by Crippen LogP contribution is -2.29. The number of carbonyl (C=O) groups excluding carboxylic acids is 3. The molecule has 6 nitrogen and oxygen atoms in total. The minimum atomic E-state index is -0.782. The van der Waals surface area contributed by atoms with Crippen LogP contribution in [0.25, 0.3) is 0 Å². The number of rotatable bonds is 4. The molecule has 0 aromatic heterocycles. The fourth-order valence-corrected chi connectivity index (χ4v) is 1.83. The van der Waals surface area contributed by atoms with Crippen molar-refractivity contribution >= 4 is 18.0 Å². The van der Waals surface area contributed by atoms with E-state index in [4.69, 9.17) is 0 Å². The van der Waals surface area contributed by atoms with Gasteiger partial charge in [0.1, 0.15) is 6.61 Å². The zero-order valence-electron chi connectivity index (χ0n) is 10.9. The highest BCUT2D eigenvalue weighted by Gasteiger charge is 2.33. The highest BCUT2D eigenvalue weighted by molar-refractivity contribution is 6.21. The maximum absolute atomic E-state index is 12.0. The van der Waals surface area contributed by atoms with Crippen molar-refractivity contribution in [3.8, 4) is 0 Å². The van der Waals surface area contributed by atoms with Gasteiger partial charge in [-0.25, -0.2) is 4.79 Å². The number of nitrogens with zero attached hydrogens (tertiary/aromatic N) is 1. The van der Waals surface area contributed by atoms with E-state index in [1.54, 1.807) is 36.4 Å². The van der Waals surface area contributed by atoms with Crippen LogP contribution >= 0.6 is 0 Å². The van der Waals surface area contributed by atoms with Gasteiger partial charge in [-0.3, -0.25) is 14.5 Å². The van der Waals surface area contributed by atoms with Crippen LogP contribution in [0.3, 0.4) is 0 Å². The summed E-state index contributed by atoms with van der Waals surface area (Å²) >= 11 is 0. The monoisotopic (exact) mass is 275 g/mol. The van der Waals surface area contributed by atoms with Crippen LogP contribution in [0, 0.1) is 0 Å². The van der Waals surface area contributed by atoms with Gasteiger partial charge in [0, 0.05) is 6.54 Å². The van der Waals surface area contributed by atoms with Crippen molar-refractivity contribution in [1.29, 1.82) is 0 Å². The van der Waals surface area contributed by atoms with Crippen LogP contribution < -0.4 is 0 Å². The van der Waals surface area contributed by atoms with Crippen LogP contribution in [0.4, 0.5) is 4.79 Å². The molecule has 1 aliphatic rings. The molecule has 0 saturated carbocycles. The summed E-state index contributed by atoms with van der Waals surface area (Å²) in [7, 11) is 1.21. The fraction of sp³-hybridized carbons (Fsp3) is 0.214. The van der Waals surface area contributed by atoms with Crippen LogP contribution in [0.1, 0.15) is 20.7 Å². The van der Waals surface area contributed by atoms with Gasteiger partial charge in [-0.15, -0.1) is 0 Å². The van der Waals surface area contributed by atoms with E-state index in [1.165, 1.54) is 7.11 Å². The first-order chi connectivity index (χ1) is 9.65. The van der Waals surface area contributed by atoms with E-state index in [0.29, 0.717) is 11.1 Å². The molecule has 1 heterocycles. The van der Waals surface area contributed by atoms with Crippen LogP contribution in [0.5, 0.6) is 0 Å². The topological polar surface area (TPSA) is 72.9 Å². The van der Waals surface area contributed by atoms with Crippen molar-refractivity contribution in [3.63, 3.8) is 0 Å². The van der Waals surface area contributed by atoms with Crippen molar-refractivity contribution in [2.75, 3.05) is 20.3 Å². The van der Waals surface area contributed by atoms with Crippen molar-refractivity contribution in [3.05, 3.63) is 47.5 Å². The highest BCUT2D eigenvalue weighted by Crippen LogP contribution is 2.21. The normalized spacial score (nSPS) is 13.8. The summed E-state index contributed by atoms with van der Waals surface area (Å²) in [4.78, 5) is 35.8. The second-order valence-electron chi connectivity index (χ2n) is 4.00. The molecule has 104 valence electrons. The van der Waals surface area contributed by atoms with Crippen molar-refractivity contribution in [2.24, 2.45) is 0 Å². The van der Waals surface area contributed by atoms with Gasteiger partial charge in [0.15, 0.2) is 0 Å². The van der Waals surface area contributed by atoms with Gasteiger partial charge < -0.3 is 9.47 Å². The average molecular weight is 275 g/mol. The molecule has 6 heteroatoms. The Hall–Kier alpha value is -2.63. The molecule has 2 rings (SSSR count). The molecule has 0 bridgehead atoms. The molecule has 0 saturated heterocycles. The number of benzene rings is 1. The lowest BCUT2D eigenvalue weighted by atomic mass is 10.1. The third kappa shape index (κ3) is 2.69. The number of hydrogen-bond acceptors (Lipinski definition) is 5. The molecule has 0 aliphatic carbocycles. The standard InChI is InChI=1S/C14H13NO5/c1-19-14(18)20-9-5-4-8-15-12(16)10-6-2-3-7-11(10)13(15)17/h2-7H,8-9H2,1H3/b5-4+. The molecule has 0 spiro atoms. The largest absolute Gasteiger partial charge is 0.508 e. The van der Waals surface area contributed by atoms with Gasteiger partial charge in [-0.2, -0.15) is 0 Å². The molecule has 20 heavy (non-hydrogen) atoms. The Bertz CT molecular complexity index is 544. The maximum Gasteiger partial charge on any atom is 0.508 e. The summed E-state index contributed by atoms with van der Waals surface area (Å²) in [5, 5.41) is 0. The van der Waals surface area contributed by atoms with Gasteiger partial charge in [0.2, 0.25) is 0 Å². The highest BCUT2D eigenvalue weighted by atomic mass is 16.7. The first-order valence-electron chi connectivity index (χ1n) is 5.96. The molecule has 0 fully saturated rings. The van der Waals surface area contributed by atoms with Crippen molar-refractivity contribution in [2.45, 2.75) is 0 Å². The molecule has 0 radical (unpaired) electrons. The molecule has 1 aromatic rings. The Labute approximate surface area is 115 Å². The van der Waals surface area contributed by atoms with E-state index in [-0.39, 0.29) is 25.0 Å². The first-order valence-corrected chi connectivity index (χ1v) is 5.96. The van der Waals surface area contributed by atoms with E-state index in [2.05, 4.69) is 9.47 Å². The second kappa shape index (κ2) is 6.01. The molecular weight excluding hydrogens is 262 g/mol. The predicted molar refractivity (Wildman–Crippen MR) is 69.3 cm³/mol. The Morgan fingerprint density at radius 1 is 1.15 bits per heavy atom. The van der Waals surface area contributed by atoms with E-state index < -0.39 is 6.16 Å². The van der Waals surface area contributed by atoms with Gasteiger partial charge in [0.25, 0.3) is 11.8 Å². The Morgan fingerprint density at radius 3 is 2.30 bits per heavy atom. The van der Waals surface area contributed by atoms with Crippen LogP contribution in [0.15, 0.2) is 36.4 Å². The smallest absolute Gasteiger partial charge is 0.438 e. The molecule has 0 N–H and O–H groups in total. The maximum atomic E-state index is 12.0. The Morgan fingerprint density at radius 2 is 1.75 bits per heavy atom. The lowest BCUT2D eigenvalue weighted by molar-refractivity contribution is 0.0668. The average Bonchev–Trinajstić information content (AvgIpc) is 2.71. The van der Waals surface area contributed by atoms with Gasteiger partial charge in [-0.05, 0) is 18.2 Å². The summed E-state index contributed by atoms with van der Waals surface area (Å²) in [5.74, 6) is -0.631. The Kier molecular flexibility index (Phi) is 4.14.